The summed E-state index contributed by atoms with van der Waals surface area (Å²) in [7, 11) is 0. The summed E-state index contributed by atoms with van der Waals surface area (Å²) in [6, 6.07) is 11.6. The van der Waals surface area contributed by atoms with Crippen molar-refractivity contribution in [2.24, 2.45) is 5.92 Å². The van der Waals surface area contributed by atoms with Crippen LogP contribution < -0.4 is 5.32 Å². The molecule has 0 saturated heterocycles. The summed E-state index contributed by atoms with van der Waals surface area (Å²) in [6.45, 7) is 1.87. The molecule has 0 unspecified atom stereocenters. The van der Waals surface area contributed by atoms with Crippen LogP contribution in [0, 0.1) is 12.8 Å². The van der Waals surface area contributed by atoms with Crippen molar-refractivity contribution in [1.82, 2.24) is 19.8 Å². The summed E-state index contributed by atoms with van der Waals surface area (Å²) in [5.41, 5.74) is 3.31. The second-order valence-corrected chi connectivity index (χ2v) is 7.41. The van der Waals surface area contributed by atoms with Crippen LogP contribution in [0.2, 0.25) is 0 Å². The summed E-state index contributed by atoms with van der Waals surface area (Å²) in [5.74, 6) is 1.56. The minimum atomic E-state index is 0.0933. The number of carbonyl (C=O) groups excluding carboxylic acids is 1. The van der Waals surface area contributed by atoms with E-state index in [0.717, 1.165) is 40.8 Å². The van der Waals surface area contributed by atoms with Crippen LogP contribution in [0.15, 0.2) is 36.4 Å². The van der Waals surface area contributed by atoms with Gasteiger partial charge in [-0.2, -0.15) is 9.61 Å². The molecule has 4 rings (SSSR count). The monoisotopic (exact) mass is 363 g/mol. The van der Waals surface area contributed by atoms with E-state index in [4.69, 9.17) is 0 Å². The van der Waals surface area contributed by atoms with E-state index in [-0.39, 0.29) is 5.91 Å². The maximum atomic E-state index is 12.3. The van der Waals surface area contributed by atoms with Gasteiger partial charge < -0.3 is 5.32 Å². The maximum Gasteiger partial charge on any atom is 0.224 e. The normalized spacial score (nSPS) is 15.1. The van der Waals surface area contributed by atoms with Crippen molar-refractivity contribution in [3.63, 3.8) is 0 Å². The molecule has 6 nitrogen and oxygen atoms in total. The third-order valence-corrected chi connectivity index (χ3v) is 5.37. The molecule has 0 spiro atoms. The third-order valence-electron chi connectivity index (χ3n) is 5.37. The fourth-order valence-corrected chi connectivity index (χ4v) is 3.84. The second kappa shape index (κ2) is 7.86. The summed E-state index contributed by atoms with van der Waals surface area (Å²) < 4.78 is 1.73. The summed E-state index contributed by atoms with van der Waals surface area (Å²) in [4.78, 5) is 12.3. The van der Waals surface area contributed by atoms with Gasteiger partial charge in [0.2, 0.25) is 5.91 Å². The van der Waals surface area contributed by atoms with Gasteiger partial charge in [0.25, 0.3) is 0 Å². The van der Waals surface area contributed by atoms with Crippen LogP contribution in [0.5, 0.6) is 0 Å². The van der Waals surface area contributed by atoms with Gasteiger partial charge in [0, 0.05) is 17.7 Å². The first-order valence-electron chi connectivity index (χ1n) is 9.78. The second-order valence-electron chi connectivity index (χ2n) is 7.41. The molecule has 3 aromatic rings. The van der Waals surface area contributed by atoms with Gasteiger partial charge in [0.15, 0.2) is 11.5 Å². The highest BCUT2D eigenvalue weighted by atomic mass is 16.1. The number of amides is 1. The molecule has 27 heavy (non-hydrogen) atoms. The minimum absolute atomic E-state index is 0.0933. The summed E-state index contributed by atoms with van der Waals surface area (Å²) in [5, 5.41) is 15.7. The Bertz CT molecular complexity index is 943. The predicted molar refractivity (Wildman–Crippen MR) is 105 cm³/mol. The highest BCUT2D eigenvalue weighted by Crippen LogP contribution is 2.27. The average Bonchev–Trinajstić information content (AvgIpc) is 3.08. The Kier molecular flexibility index (Phi) is 5.14. The Morgan fingerprint density at radius 2 is 2.00 bits per heavy atom. The van der Waals surface area contributed by atoms with Gasteiger partial charge in [-0.05, 0) is 43.5 Å². The lowest BCUT2D eigenvalue weighted by molar-refractivity contribution is -0.116. The van der Waals surface area contributed by atoms with E-state index in [1.54, 1.807) is 4.52 Å². The molecular weight excluding hydrogens is 338 g/mol. The molecule has 1 aliphatic rings. The molecule has 0 atom stereocenters. The van der Waals surface area contributed by atoms with E-state index in [9.17, 15) is 4.79 Å². The number of nitrogens with one attached hydrogen (secondary N) is 1. The zero-order chi connectivity index (χ0) is 18.6. The van der Waals surface area contributed by atoms with Gasteiger partial charge in [-0.25, -0.2) is 0 Å². The average molecular weight is 363 g/mol. The van der Waals surface area contributed by atoms with Crippen molar-refractivity contribution < 1.29 is 4.79 Å². The van der Waals surface area contributed by atoms with Crippen LogP contribution in [0.1, 0.15) is 50.8 Å². The Hall–Kier alpha value is -2.76. The fourth-order valence-electron chi connectivity index (χ4n) is 3.84. The molecule has 1 amide bonds. The van der Waals surface area contributed by atoms with Crippen LogP contribution in [-0.4, -0.2) is 25.7 Å². The van der Waals surface area contributed by atoms with Crippen LogP contribution in [0.3, 0.4) is 0 Å². The fraction of sp³-hybridized carbons (Fsp3) is 0.429. The van der Waals surface area contributed by atoms with Crippen LogP contribution in [-0.2, 0) is 4.79 Å². The number of hydrogen-bond acceptors (Lipinski definition) is 4. The highest BCUT2D eigenvalue weighted by molar-refractivity contribution is 5.91. The molecule has 140 valence electrons. The molecule has 1 aromatic carbocycles. The van der Waals surface area contributed by atoms with Gasteiger partial charge in [-0.15, -0.1) is 10.2 Å². The van der Waals surface area contributed by atoms with Crippen molar-refractivity contribution in [3.05, 3.63) is 42.2 Å². The van der Waals surface area contributed by atoms with E-state index in [1.807, 2.05) is 43.3 Å². The Morgan fingerprint density at radius 3 is 2.85 bits per heavy atom. The first kappa shape index (κ1) is 17.6. The quantitative estimate of drug-likeness (QED) is 0.729. The summed E-state index contributed by atoms with van der Waals surface area (Å²) in [6.07, 6.45) is 8.13. The van der Waals surface area contributed by atoms with Gasteiger partial charge in [-0.3, -0.25) is 4.79 Å². The maximum absolute atomic E-state index is 12.3. The molecule has 0 aliphatic heterocycles. The van der Waals surface area contributed by atoms with E-state index >= 15 is 0 Å². The molecule has 0 radical (unpaired) electrons. The lowest BCUT2D eigenvalue weighted by atomic mass is 9.86. The number of fused-ring (bicyclic) bond motifs is 1. The number of aryl methyl sites for hydroxylation is 1. The van der Waals surface area contributed by atoms with Crippen LogP contribution >= 0.6 is 0 Å². The highest BCUT2D eigenvalue weighted by Gasteiger charge is 2.15. The number of aromatic nitrogens is 4. The molecule has 6 heteroatoms. The number of rotatable bonds is 5. The van der Waals surface area contributed by atoms with Gasteiger partial charge in [-0.1, -0.05) is 44.2 Å². The topological polar surface area (TPSA) is 72.2 Å². The first-order valence-corrected chi connectivity index (χ1v) is 9.78. The van der Waals surface area contributed by atoms with Crippen molar-refractivity contribution in [2.75, 3.05) is 5.32 Å². The minimum Gasteiger partial charge on any atom is -0.326 e. The molecular formula is C21H25N5O. The molecule has 1 saturated carbocycles. The van der Waals surface area contributed by atoms with E-state index in [2.05, 4.69) is 20.6 Å². The van der Waals surface area contributed by atoms with Gasteiger partial charge in [0.05, 0.1) is 5.69 Å². The largest absolute Gasteiger partial charge is 0.326 e. The number of nitrogens with zero attached hydrogens (tertiary/aromatic N) is 4. The van der Waals surface area contributed by atoms with Crippen molar-refractivity contribution >= 4 is 17.2 Å². The Morgan fingerprint density at radius 1 is 1.15 bits per heavy atom. The molecule has 1 aliphatic carbocycles. The van der Waals surface area contributed by atoms with Crippen molar-refractivity contribution in [2.45, 2.75) is 51.9 Å². The molecule has 2 heterocycles. The SMILES string of the molecule is Cc1nnc2ccc(-c3cccc(NC(=O)CCC4CCCCC4)c3)nn12. The van der Waals surface area contributed by atoms with Crippen molar-refractivity contribution in [1.29, 1.82) is 0 Å². The number of benzene rings is 1. The molecule has 0 bridgehead atoms. The number of anilines is 1. The lowest BCUT2D eigenvalue weighted by Gasteiger charge is -2.21. The number of hydrogen-bond donors (Lipinski definition) is 1. The van der Waals surface area contributed by atoms with Crippen LogP contribution in [0.4, 0.5) is 5.69 Å². The van der Waals surface area contributed by atoms with E-state index < -0.39 is 0 Å². The smallest absolute Gasteiger partial charge is 0.224 e. The predicted octanol–water partition coefficient (Wildman–Crippen LogP) is 4.40. The Labute approximate surface area is 159 Å². The van der Waals surface area contributed by atoms with E-state index in [0.29, 0.717) is 6.42 Å². The van der Waals surface area contributed by atoms with Gasteiger partial charge >= 0.3 is 0 Å². The van der Waals surface area contributed by atoms with Gasteiger partial charge in [0.1, 0.15) is 0 Å². The Balaban J connectivity index is 1.43. The molecule has 2 aromatic heterocycles. The van der Waals surface area contributed by atoms with E-state index in [1.165, 1.54) is 32.1 Å². The standard InChI is InChI=1S/C21H25N5O/c1-15-23-24-20-12-11-19(25-26(15)20)17-8-5-9-18(14-17)22-21(27)13-10-16-6-3-2-4-7-16/h5,8-9,11-12,14,16H,2-4,6-7,10,13H2,1H3,(H,22,27). The van der Waals surface area contributed by atoms with Crippen molar-refractivity contribution in [3.8, 4) is 11.3 Å². The zero-order valence-corrected chi connectivity index (χ0v) is 15.7. The third kappa shape index (κ3) is 4.15. The lowest BCUT2D eigenvalue weighted by Crippen LogP contribution is -2.14. The zero-order valence-electron chi connectivity index (χ0n) is 15.7. The molecule has 1 fully saturated rings. The van der Waals surface area contributed by atoms with Crippen LogP contribution in [0.25, 0.3) is 16.9 Å². The number of carbonyl (C=O) groups is 1. The summed E-state index contributed by atoms with van der Waals surface area (Å²) >= 11 is 0. The molecule has 1 N–H and O–H groups in total. The first-order chi connectivity index (χ1) is 13.2.